The lowest BCUT2D eigenvalue weighted by Gasteiger charge is -2.12. The van der Waals surface area contributed by atoms with Crippen LogP contribution in [-0.2, 0) is 4.79 Å². The second-order valence-electron chi connectivity index (χ2n) is 8.19. The van der Waals surface area contributed by atoms with Gasteiger partial charge in [0.2, 0.25) is 0 Å². The summed E-state index contributed by atoms with van der Waals surface area (Å²) in [6, 6.07) is 21.9. The summed E-state index contributed by atoms with van der Waals surface area (Å²) in [7, 11) is 1.46. The second-order valence-corrected chi connectivity index (χ2v) is 8.55. The average molecular weight is 497 g/mol. The minimum absolute atomic E-state index is 0.00756. The molecule has 4 aromatic rings. The summed E-state index contributed by atoms with van der Waals surface area (Å²) in [5, 5.41) is 16.8. The smallest absolute Gasteiger partial charge is 0.298 e. The normalized spacial score (nSPS) is 14.8. The van der Waals surface area contributed by atoms with Gasteiger partial charge in [-0.15, -0.1) is 0 Å². The number of aliphatic imine (C=N–C) groups is 1. The highest BCUT2D eigenvalue weighted by molar-refractivity contribution is 6.32. The largest absolute Gasteiger partial charge is 0.504 e. The number of carbonyl (C=O) groups excluding carboxylic acids is 1. The molecule has 0 spiro atoms. The number of phenols is 1. The summed E-state index contributed by atoms with van der Waals surface area (Å²) >= 11 is 6.42. The molecular formula is C28H21ClN4O3. The highest BCUT2D eigenvalue weighted by Gasteiger charge is 2.31. The van der Waals surface area contributed by atoms with Crippen LogP contribution in [-0.4, -0.2) is 40.2 Å². The monoisotopic (exact) mass is 496 g/mol. The van der Waals surface area contributed by atoms with E-state index in [9.17, 15) is 9.90 Å². The predicted molar refractivity (Wildman–Crippen MR) is 142 cm³/mol. The predicted octanol–water partition coefficient (Wildman–Crippen LogP) is 5.57. The number of amides is 1. The number of fused-ring (bicyclic) bond motifs is 1. The molecule has 1 aromatic heterocycles. The zero-order valence-corrected chi connectivity index (χ0v) is 20.3. The molecule has 36 heavy (non-hydrogen) atoms. The fourth-order valence-corrected chi connectivity index (χ4v) is 4.02. The molecule has 1 amide bonds. The van der Waals surface area contributed by atoms with E-state index in [0.29, 0.717) is 22.7 Å². The lowest BCUT2D eigenvalue weighted by atomic mass is 10.1. The number of pyridine rings is 1. The van der Waals surface area contributed by atoms with E-state index in [1.807, 2.05) is 61.5 Å². The Hall–Kier alpha value is -4.49. The van der Waals surface area contributed by atoms with Crippen molar-refractivity contribution in [3.05, 3.63) is 106 Å². The Morgan fingerprint density at radius 3 is 2.64 bits per heavy atom. The zero-order valence-electron chi connectivity index (χ0n) is 19.5. The van der Waals surface area contributed by atoms with E-state index in [2.05, 4.69) is 15.1 Å². The number of amidine groups is 1. The summed E-state index contributed by atoms with van der Waals surface area (Å²) in [6.07, 6.45) is 3.13. The lowest BCUT2D eigenvalue weighted by Crippen LogP contribution is -2.27. The summed E-state index contributed by atoms with van der Waals surface area (Å²) in [6.45, 7) is 2.00. The summed E-state index contributed by atoms with van der Waals surface area (Å²) < 4.78 is 5.17. The minimum atomic E-state index is -0.405. The van der Waals surface area contributed by atoms with Crippen molar-refractivity contribution in [3.63, 3.8) is 0 Å². The number of ether oxygens (including phenoxy) is 1. The van der Waals surface area contributed by atoms with E-state index in [0.717, 1.165) is 22.0 Å². The molecule has 2 heterocycles. The van der Waals surface area contributed by atoms with Crippen molar-refractivity contribution in [2.45, 2.75) is 6.92 Å². The molecule has 5 rings (SSSR count). The molecule has 0 bridgehead atoms. The number of hydrogen-bond donors (Lipinski definition) is 1. The van der Waals surface area contributed by atoms with E-state index in [4.69, 9.17) is 16.3 Å². The topological polar surface area (TPSA) is 87.4 Å². The van der Waals surface area contributed by atoms with Crippen LogP contribution < -0.4 is 4.74 Å². The number of benzene rings is 3. The second kappa shape index (κ2) is 9.64. The number of aromatic hydroxyl groups is 1. The Labute approximate surface area is 212 Å². The lowest BCUT2D eigenvalue weighted by molar-refractivity contribution is -0.122. The summed E-state index contributed by atoms with van der Waals surface area (Å²) in [5.74, 6) is 0.284. The molecule has 1 aliphatic rings. The van der Waals surface area contributed by atoms with Gasteiger partial charge >= 0.3 is 0 Å². The third-order valence-electron chi connectivity index (χ3n) is 5.64. The number of halogens is 1. The Morgan fingerprint density at radius 1 is 1.06 bits per heavy atom. The molecule has 0 fully saturated rings. The van der Waals surface area contributed by atoms with E-state index < -0.39 is 5.91 Å². The van der Waals surface area contributed by atoms with Gasteiger partial charge in [-0.1, -0.05) is 59.6 Å². The number of rotatable bonds is 5. The maximum absolute atomic E-state index is 13.4. The van der Waals surface area contributed by atoms with Crippen molar-refractivity contribution in [1.29, 1.82) is 0 Å². The van der Waals surface area contributed by atoms with Gasteiger partial charge in [0, 0.05) is 16.5 Å². The van der Waals surface area contributed by atoms with Gasteiger partial charge in [0.05, 0.1) is 18.8 Å². The van der Waals surface area contributed by atoms with Crippen LogP contribution in [0.15, 0.2) is 88.6 Å². The zero-order chi connectivity index (χ0) is 25.2. The van der Waals surface area contributed by atoms with Crippen LogP contribution in [0.25, 0.3) is 17.0 Å². The number of aromatic nitrogens is 1. The van der Waals surface area contributed by atoms with Gasteiger partial charge in [-0.25, -0.2) is 9.98 Å². The van der Waals surface area contributed by atoms with E-state index in [1.54, 1.807) is 18.2 Å². The fraction of sp³-hybridized carbons (Fsp3) is 0.0714. The first-order valence-corrected chi connectivity index (χ1v) is 11.5. The van der Waals surface area contributed by atoms with E-state index in [1.165, 1.54) is 24.4 Å². The maximum Gasteiger partial charge on any atom is 0.298 e. The van der Waals surface area contributed by atoms with Gasteiger partial charge in [0.25, 0.3) is 5.91 Å². The number of aryl methyl sites for hydroxylation is 1. The molecule has 0 saturated heterocycles. The van der Waals surface area contributed by atoms with Gasteiger partial charge < -0.3 is 9.84 Å². The van der Waals surface area contributed by atoms with Crippen molar-refractivity contribution >= 4 is 46.5 Å². The molecule has 0 radical (unpaired) electrons. The number of hydrogen-bond acceptors (Lipinski definition) is 6. The summed E-state index contributed by atoms with van der Waals surface area (Å²) in [5.41, 5.74) is 4.03. The van der Waals surface area contributed by atoms with Crippen LogP contribution in [0.4, 0.5) is 0 Å². The Bertz CT molecular complexity index is 1580. The Balaban J connectivity index is 1.54. The molecule has 8 heteroatoms. The Kier molecular flexibility index (Phi) is 6.23. The molecule has 0 aliphatic carbocycles. The van der Waals surface area contributed by atoms with Crippen molar-refractivity contribution in [2.24, 2.45) is 10.1 Å². The highest BCUT2D eigenvalue weighted by atomic mass is 35.5. The molecule has 0 unspecified atom stereocenters. The van der Waals surface area contributed by atoms with Gasteiger partial charge in [-0.3, -0.25) is 4.79 Å². The molecule has 178 valence electrons. The third-order valence-corrected chi connectivity index (χ3v) is 5.94. The van der Waals surface area contributed by atoms with Crippen LogP contribution in [0.3, 0.4) is 0 Å². The summed E-state index contributed by atoms with van der Waals surface area (Å²) in [4.78, 5) is 22.4. The molecule has 0 saturated carbocycles. The van der Waals surface area contributed by atoms with Crippen LogP contribution in [0.2, 0.25) is 5.15 Å². The minimum Gasteiger partial charge on any atom is -0.504 e. The molecule has 1 aliphatic heterocycles. The number of methoxy groups -OCH3 is 1. The molecule has 0 atom stereocenters. The van der Waals surface area contributed by atoms with Crippen LogP contribution in [0.5, 0.6) is 11.5 Å². The van der Waals surface area contributed by atoms with E-state index >= 15 is 0 Å². The van der Waals surface area contributed by atoms with Gasteiger partial charge in [-0.2, -0.15) is 10.1 Å². The molecular weight excluding hydrogens is 476 g/mol. The van der Waals surface area contributed by atoms with Crippen molar-refractivity contribution < 1.29 is 14.6 Å². The number of carbonyl (C=O) groups is 1. The molecule has 1 N–H and O–H groups in total. The first-order chi connectivity index (χ1) is 17.4. The SMILES string of the molecule is COc1cc(C=C2N=C(c3ccccc3)N(N=Cc3cc4cc(C)ccc4nc3Cl)C2=O)ccc1O. The first-order valence-electron chi connectivity index (χ1n) is 11.1. The molecule has 3 aromatic carbocycles. The van der Waals surface area contributed by atoms with Crippen LogP contribution in [0.1, 0.15) is 22.3 Å². The molecule has 7 nitrogen and oxygen atoms in total. The van der Waals surface area contributed by atoms with Crippen molar-refractivity contribution in [3.8, 4) is 11.5 Å². The number of phenolic OH excluding ortho intramolecular Hbond substituents is 1. The van der Waals surface area contributed by atoms with Gasteiger partial charge in [0.1, 0.15) is 10.9 Å². The fourth-order valence-electron chi connectivity index (χ4n) is 3.83. The maximum atomic E-state index is 13.4. The Morgan fingerprint density at radius 2 is 1.86 bits per heavy atom. The number of nitrogens with zero attached hydrogens (tertiary/aromatic N) is 4. The van der Waals surface area contributed by atoms with Crippen molar-refractivity contribution in [1.82, 2.24) is 9.99 Å². The highest BCUT2D eigenvalue weighted by Crippen LogP contribution is 2.29. The van der Waals surface area contributed by atoms with Crippen LogP contribution >= 0.6 is 11.6 Å². The van der Waals surface area contributed by atoms with Crippen LogP contribution in [0, 0.1) is 6.92 Å². The number of hydrazone groups is 1. The standard InChI is InChI=1S/C28H21ClN4O3/c1-17-8-10-22-20(12-17)15-21(26(29)31-22)16-30-33-27(19-6-4-3-5-7-19)32-23(28(33)35)13-18-9-11-24(34)25(14-18)36-2/h3-16,34H,1-2H3. The third kappa shape index (κ3) is 4.56. The average Bonchev–Trinajstić information content (AvgIpc) is 3.19. The van der Waals surface area contributed by atoms with Gasteiger partial charge in [-0.05, 0) is 48.9 Å². The van der Waals surface area contributed by atoms with E-state index in [-0.39, 0.29) is 16.6 Å². The quantitative estimate of drug-likeness (QED) is 0.222. The first kappa shape index (κ1) is 23.3. The van der Waals surface area contributed by atoms with Crippen molar-refractivity contribution in [2.75, 3.05) is 7.11 Å². The van der Waals surface area contributed by atoms with Gasteiger partial charge in [0.15, 0.2) is 17.3 Å².